The maximum atomic E-state index is 7.25. The molecule has 2 N–H and O–H groups in total. The van der Waals surface area contributed by atoms with Gasteiger partial charge in [0, 0.05) is 36.8 Å². The average Bonchev–Trinajstić information content (AvgIpc) is 2.80. The molecule has 0 radical (unpaired) electrons. The minimum absolute atomic E-state index is 0.849. The summed E-state index contributed by atoms with van der Waals surface area (Å²) in [5, 5.41) is 9.62. The Morgan fingerprint density at radius 3 is 2.03 bits per heavy atom. The fourth-order valence-corrected chi connectivity index (χ4v) is 18.6. The molecule has 10 heteroatoms. The van der Waals surface area contributed by atoms with Crippen molar-refractivity contribution >= 4 is 43.3 Å². The van der Waals surface area contributed by atoms with Gasteiger partial charge in [0.25, 0.3) is 0 Å². The first-order valence-electron chi connectivity index (χ1n) is 10.1. The molecule has 2 atom stereocenters. The third-order valence-corrected chi connectivity index (χ3v) is 17.5. The fourth-order valence-electron chi connectivity index (χ4n) is 4.06. The predicted molar refractivity (Wildman–Crippen MR) is 127 cm³/mol. The second-order valence-electron chi connectivity index (χ2n) is 7.46. The molecule has 3 aliphatic heterocycles. The van der Waals surface area contributed by atoms with Crippen LogP contribution in [0.25, 0.3) is 0 Å². The van der Waals surface area contributed by atoms with Crippen molar-refractivity contribution in [3.05, 3.63) is 60.7 Å². The van der Waals surface area contributed by atoms with E-state index in [4.69, 9.17) is 24.8 Å². The summed E-state index contributed by atoms with van der Waals surface area (Å²) in [5.41, 5.74) is 0. The van der Waals surface area contributed by atoms with Crippen LogP contribution in [-0.4, -0.2) is 30.8 Å². The number of nitrogens with zero attached hydrogens (tertiary/aromatic N) is 4. The van der Waals surface area contributed by atoms with Gasteiger partial charge in [0.15, 0.2) is 0 Å². The molecule has 2 bridgehead atoms. The first kappa shape index (κ1) is 20.2. The molecule has 1 spiro atoms. The maximum absolute atomic E-state index is 7.25. The zero-order chi connectivity index (χ0) is 19.8. The van der Waals surface area contributed by atoms with Crippen molar-refractivity contribution in [1.82, 2.24) is 14.8 Å². The Kier molecular flexibility index (Phi) is 5.64. The fraction of sp³-hybridized carbons (Fsp3) is 0.368. The van der Waals surface area contributed by atoms with Gasteiger partial charge in [-0.2, -0.15) is 4.52 Å². The van der Waals surface area contributed by atoms with E-state index in [2.05, 4.69) is 63.4 Å². The Morgan fingerprint density at radius 2 is 1.34 bits per heavy atom. The molecule has 2 aromatic rings. The van der Waals surface area contributed by atoms with E-state index in [-0.39, 0.29) is 0 Å². The molecule has 6 nitrogen and oxygen atoms in total. The minimum atomic E-state index is -2.59. The number of nitrogens with one attached hydrogen (secondary N) is 2. The second kappa shape index (κ2) is 8.09. The molecule has 1 fully saturated rings. The smallest absolute Gasteiger partial charge is 0.235 e. The molecule has 1 saturated heterocycles. The van der Waals surface area contributed by atoms with Crippen molar-refractivity contribution in [2.45, 2.75) is 19.3 Å². The first-order valence-corrected chi connectivity index (χ1v) is 16.1. The Hall–Kier alpha value is -0.700. The van der Waals surface area contributed by atoms with Gasteiger partial charge in [0.2, 0.25) is 14.2 Å². The largest absolute Gasteiger partial charge is 0.253 e. The number of hydrogen-bond donors (Lipinski definition) is 2. The molecular formula is C19H26ClN6P3. The Balaban J connectivity index is 1.88. The lowest BCUT2D eigenvalue weighted by molar-refractivity contribution is 0.400. The Morgan fingerprint density at radius 1 is 0.724 bits per heavy atom. The van der Waals surface area contributed by atoms with Crippen LogP contribution in [0.15, 0.2) is 74.2 Å². The van der Waals surface area contributed by atoms with E-state index in [9.17, 15) is 0 Å². The lowest BCUT2D eigenvalue weighted by Gasteiger charge is -2.42. The molecule has 3 aliphatic rings. The molecule has 5 rings (SSSR count). The number of benzene rings is 2. The molecule has 2 unspecified atom stereocenters. The van der Waals surface area contributed by atoms with Gasteiger partial charge in [-0.1, -0.05) is 60.7 Å². The highest BCUT2D eigenvalue weighted by Crippen LogP contribution is 2.78. The quantitative estimate of drug-likeness (QED) is 0.568. The molecule has 0 aliphatic carbocycles. The van der Waals surface area contributed by atoms with Crippen molar-refractivity contribution < 1.29 is 0 Å². The van der Waals surface area contributed by atoms with Crippen LogP contribution in [0.4, 0.5) is 0 Å². The Labute approximate surface area is 177 Å². The highest BCUT2D eigenvalue weighted by molar-refractivity contribution is 8.00. The first-order chi connectivity index (χ1) is 14.1. The predicted octanol–water partition coefficient (Wildman–Crippen LogP) is 5.58. The zero-order valence-corrected chi connectivity index (χ0v) is 19.7. The monoisotopic (exact) mass is 466 g/mol. The summed E-state index contributed by atoms with van der Waals surface area (Å²) in [7, 11) is -4.76. The molecule has 2 aromatic carbocycles. The SMILES string of the molecule is ClP12=NP3(=NP(c4ccccc4)(c4ccccc4)=N1)NCCCN3CCCCN2. The van der Waals surface area contributed by atoms with Crippen LogP contribution >= 0.6 is 32.7 Å². The summed E-state index contributed by atoms with van der Waals surface area (Å²) in [6.07, 6.45) is 3.33. The minimum Gasteiger partial charge on any atom is -0.253 e. The zero-order valence-electron chi connectivity index (χ0n) is 16.2. The number of hydrogen-bond acceptors (Lipinski definition) is 6. The Bertz CT molecular complexity index is 1010. The van der Waals surface area contributed by atoms with E-state index in [1.165, 1.54) is 0 Å². The highest BCUT2D eigenvalue weighted by Gasteiger charge is 2.42. The van der Waals surface area contributed by atoms with Crippen molar-refractivity contribution in [2.24, 2.45) is 13.5 Å². The van der Waals surface area contributed by atoms with Crippen LogP contribution < -0.4 is 20.8 Å². The van der Waals surface area contributed by atoms with Gasteiger partial charge < -0.3 is 0 Å². The topological polar surface area (TPSA) is 64.4 Å². The van der Waals surface area contributed by atoms with E-state index >= 15 is 0 Å². The van der Waals surface area contributed by atoms with Crippen LogP contribution in [-0.2, 0) is 0 Å². The van der Waals surface area contributed by atoms with Crippen LogP contribution in [0, 0.1) is 0 Å². The number of rotatable bonds is 2. The maximum Gasteiger partial charge on any atom is 0.235 e. The van der Waals surface area contributed by atoms with E-state index in [0.717, 1.165) is 56.1 Å². The van der Waals surface area contributed by atoms with Gasteiger partial charge in [-0.15, -0.1) is 0 Å². The summed E-state index contributed by atoms with van der Waals surface area (Å²) < 4.78 is 18.7. The molecule has 29 heavy (non-hydrogen) atoms. The summed E-state index contributed by atoms with van der Waals surface area (Å²) in [6, 6.07) is 21.0. The number of halogens is 1. The van der Waals surface area contributed by atoms with Crippen molar-refractivity contribution in [3.63, 3.8) is 0 Å². The summed E-state index contributed by atoms with van der Waals surface area (Å²) in [5.74, 6) is 0. The molecule has 0 aromatic heterocycles. The second-order valence-corrected chi connectivity index (χ2v) is 16.6. The van der Waals surface area contributed by atoms with Crippen molar-refractivity contribution in [1.29, 1.82) is 0 Å². The third kappa shape index (κ3) is 3.75. The summed E-state index contributed by atoms with van der Waals surface area (Å²) in [4.78, 5) is 0. The van der Waals surface area contributed by atoms with E-state index in [1.807, 2.05) is 12.1 Å². The van der Waals surface area contributed by atoms with E-state index in [1.54, 1.807) is 0 Å². The molecule has 3 heterocycles. The lowest BCUT2D eigenvalue weighted by Crippen LogP contribution is -2.36. The van der Waals surface area contributed by atoms with Gasteiger partial charge in [-0.25, -0.2) is 13.7 Å². The standard InChI is InChI=1S/C19H26ClN6P3/c20-28-21-14-7-8-16-26-17-9-15-22-29(26,25-28)24-27(23-28,18-10-3-1-4-11-18)19-12-5-2-6-13-19/h1-6,10-13,21-22H,7-9,14-17H2. The highest BCUT2D eigenvalue weighted by atomic mass is 35.7. The lowest BCUT2D eigenvalue weighted by atomic mass is 10.3. The van der Waals surface area contributed by atoms with Crippen molar-refractivity contribution in [2.75, 3.05) is 26.2 Å². The van der Waals surface area contributed by atoms with Gasteiger partial charge in [-0.3, -0.25) is 10.2 Å². The van der Waals surface area contributed by atoms with Gasteiger partial charge in [-0.05, 0) is 30.5 Å². The van der Waals surface area contributed by atoms with Gasteiger partial charge in [0.05, 0.1) is 0 Å². The van der Waals surface area contributed by atoms with Crippen LogP contribution in [0.3, 0.4) is 0 Å². The van der Waals surface area contributed by atoms with Crippen LogP contribution in [0.1, 0.15) is 19.3 Å². The van der Waals surface area contributed by atoms with E-state index in [0.29, 0.717) is 0 Å². The average molecular weight is 467 g/mol. The molecular weight excluding hydrogens is 441 g/mol. The van der Waals surface area contributed by atoms with Crippen molar-refractivity contribution in [3.8, 4) is 0 Å². The van der Waals surface area contributed by atoms with Gasteiger partial charge in [0.1, 0.15) is 7.21 Å². The normalized spacial score (nSPS) is 31.6. The molecule has 0 saturated carbocycles. The third-order valence-electron chi connectivity index (χ3n) is 5.45. The van der Waals surface area contributed by atoms with Crippen LogP contribution in [0.5, 0.6) is 0 Å². The molecule has 0 amide bonds. The van der Waals surface area contributed by atoms with Crippen LogP contribution in [0.2, 0.25) is 0 Å². The molecule has 154 valence electrons. The summed E-state index contributed by atoms with van der Waals surface area (Å²) in [6.45, 7) is 1.22. The summed E-state index contributed by atoms with van der Waals surface area (Å²) >= 11 is 7.25. The van der Waals surface area contributed by atoms with Gasteiger partial charge >= 0.3 is 0 Å². The van der Waals surface area contributed by atoms with E-state index < -0.39 is 21.4 Å².